The van der Waals surface area contributed by atoms with Gasteiger partial charge in [0.1, 0.15) is 6.61 Å². The molecule has 264 valence electrons. The fourth-order valence-corrected chi connectivity index (χ4v) is 5.62. The van der Waals surface area contributed by atoms with Gasteiger partial charge >= 0.3 is 6.16 Å². The zero-order valence-electron chi connectivity index (χ0n) is 27.9. The van der Waals surface area contributed by atoms with Gasteiger partial charge in [0.05, 0.1) is 19.1 Å². The van der Waals surface area contributed by atoms with E-state index in [1.807, 2.05) is 44.2 Å². The van der Waals surface area contributed by atoms with E-state index in [0.717, 1.165) is 35.1 Å². The van der Waals surface area contributed by atoms with Crippen LogP contribution >= 0.6 is 0 Å². The number of imide groups is 1. The maximum Gasteiger partial charge on any atom is 0.533 e. The normalized spacial score (nSPS) is 15.3. The molecule has 0 saturated carbocycles. The second-order valence-electron chi connectivity index (χ2n) is 12.0. The molecule has 1 aliphatic carbocycles. The van der Waals surface area contributed by atoms with Crippen molar-refractivity contribution >= 4 is 41.4 Å². The predicted molar refractivity (Wildman–Crippen MR) is 177 cm³/mol. The van der Waals surface area contributed by atoms with Crippen molar-refractivity contribution in [3.05, 3.63) is 53.1 Å². The standard InChI is InChI=1S/C35H44N4O10/c1-3-4-5-31(42)38-24-7-9-26-25-8-6-23(19-32(43)36-14-12-30(41)37-15-17-47-22(2)13-16-40)18-27(25)29(28(26)20-24)21-48-35(46)49-39-33(44)10-11-34(39)45/h6-9,18,20,22,29,40H,3-5,10-17,19,21H2,1-2H3,(H,36,43)(H,37,41)(H,38,42). The SMILES string of the molecule is CCCCC(=O)Nc1ccc2c(c1)C(COC(=O)ON1C(=O)CCC1=O)c1cc(CC(=O)NCCC(=O)NCCOC(C)CCO)ccc1-2. The van der Waals surface area contributed by atoms with Crippen LogP contribution in [0.5, 0.6) is 0 Å². The summed E-state index contributed by atoms with van der Waals surface area (Å²) in [6.07, 6.45) is 1.28. The number of unbranched alkanes of at least 4 members (excludes halogenated alkanes) is 1. The van der Waals surface area contributed by atoms with Crippen molar-refractivity contribution in [3.63, 3.8) is 0 Å². The van der Waals surface area contributed by atoms with Crippen LogP contribution in [0, 0.1) is 0 Å². The summed E-state index contributed by atoms with van der Waals surface area (Å²) in [7, 11) is 0. The van der Waals surface area contributed by atoms with Crippen LogP contribution in [-0.2, 0) is 44.7 Å². The van der Waals surface area contributed by atoms with Gasteiger partial charge in [-0.2, -0.15) is 0 Å². The monoisotopic (exact) mass is 680 g/mol. The topological polar surface area (TPSA) is 190 Å². The maximum atomic E-state index is 12.8. The fourth-order valence-electron chi connectivity index (χ4n) is 5.62. The van der Waals surface area contributed by atoms with Gasteiger partial charge in [-0.15, -0.1) is 0 Å². The molecule has 2 aromatic carbocycles. The molecule has 2 aromatic rings. The summed E-state index contributed by atoms with van der Waals surface area (Å²) < 4.78 is 10.9. The number of anilines is 1. The number of benzene rings is 2. The highest BCUT2D eigenvalue weighted by Gasteiger charge is 2.35. The molecule has 4 N–H and O–H groups in total. The zero-order valence-corrected chi connectivity index (χ0v) is 27.9. The Morgan fingerprint density at radius 2 is 1.61 bits per heavy atom. The average Bonchev–Trinajstić information content (AvgIpc) is 3.55. The first-order chi connectivity index (χ1) is 23.6. The van der Waals surface area contributed by atoms with Crippen LogP contribution in [0.2, 0.25) is 0 Å². The fraction of sp³-hybridized carbons (Fsp3) is 0.486. The smallest absolute Gasteiger partial charge is 0.432 e. The number of amides is 5. The molecular formula is C35H44N4O10. The van der Waals surface area contributed by atoms with E-state index in [1.165, 1.54) is 0 Å². The van der Waals surface area contributed by atoms with Crippen LogP contribution in [0.1, 0.15) is 81.4 Å². The van der Waals surface area contributed by atoms with Gasteiger partial charge in [-0.05, 0) is 59.7 Å². The summed E-state index contributed by atoms with van der Waals surface area (Å²) in [5.74, 6) is -2.37. The third-order valence-electron chi connectivity index (χ3n) is 8.19. The molecule has 0 aromatic heterocycles. The lowest BCUT2D eigenvalue weighted by atomic mass is 9.95. The predicted octanol–water partition coefficient (Wildman–Crippen LogP) is 3.10. The Morgan fingerprint density at radius 3 is 2.33 bits per heavy atom. The molecule has 1 saturated heterocycles. The second-order valence-corrected chi connectivity index (χ2v) is 12.0. The molecule has 1 fully saturated rings. The first kappa shape index (κ1) is 37.0. The van der Waals surface area contributed by atoms with E-state index in [1.54, 1.807) is 6.07 Å². The van der Waals surface area contributed by atoms with Crippen molar-refractivity contribution in [1.29, 1.82) is 0 Å². The number of carbonyl (C=O) groups is 6. The minimum absolute atomic E-state index is 0.0336. The Labute approximate surface area is 284 Å². The molecule has 2 atom stereocenters. The highest BCUT2D eigenvalue weighted by Crippen LogP contribution is 2.46. The molecule has 14 nitrogen and oxygen atoms in total. The molecule has 49 heavy (non-hydrogen) atoms. The van der Waals surface area contributed by atoms with Crippen molar-refractivity contribution in [3.8, 4) is 11.1 Å². The van der Waals surface area contributed by atoms with Crippen LogP contribution in [0.25, 0.3) is 11.1 Å². The second kappa shape index (κ2) is 18.1. The molecular weight excluding hydrogens is 636 g/mol. The summed E-state index contributed by atoms with van der Waals surface area (Å²) >= 11 is 0. The first-order valence-electron chi connectivity index (χ1n) is 16.6. The van der Waals surface area contributed by atoms with Crippen molar-refractivity contribution in [2.75, 3.05) is 38.2 Å². The van der Waals surface area contributed by atoms with Crippen LogP contribution < -0.4 is 16.0 Å². The number of aliphatic hydroxyl groups is 1. The molecule has 5 amide bonds. The Morgan fingerprint density at radius 1 is 0.918 bits per heavy atom. The number of aliphatic hydroxyl groups excluding tert-OH is 1. The summed E-state index contributed by atoms with van der Waals surface area (Å²) in [6, 6.07) is 11.1. The quantitative estimate of drug-likeness (QED) is 0.103. The number of nitrogens with zero attached hydrogens (tertiary/aromatic N) is 1. The Hall–Kier alpha value is -4.82. The van der Waals surface area contributed by atoms with E-state index in [2.05, 4.69) is 16.0 Å². The van der Waals surface area contributed by atoms with Crippen molar-refractivity contribution in [2.24, 2.45) is 0 Å². The Kier molecular flexibility index (Phi) is 13.7. The minimum Gasteiger partial charge on any atom is -0.432 e. The van der Waals surface area contributed by atoms with E-state index < -0.39 is 23.9 Å². The number of ether oxygens (including phenoxy) is 2. The van der Waals surface area contributed by atoms with Crippen molar-refractivity contribution < 1.29 is 48.2 Å². The van der Waals surface area contributed by atoms with E-state index >= 15 is 0 Å². The lowest BCUT2D eigenvalue weighted by Gasteiger charge is -2.17. The van der Waals surface area contributed by atoms with Crippen LogP contribution in [-0.4, -0.2) is 84.9 Å². The van der Waals surface area contributed by atoms with Crippen molar-refractivity contribution in [2.45, 2.75) is 77.2 Å². The third-order valence-corrected chi connectivity index (χ3v) is 8.19. The molecule has 0 bridgehead atoms. The van der Waals surface area contributed by atoms with Gasteiger partial charge in [0, 0.05) is 57.0 Å². The molecule has 0 spiro atoms. The van der Waals surface area contributed by atoms with Gasteiger partial charge in [0.25, 0.3) is 11.8 Å². The number of hydroxylamine groups is 2. The summed E-state index contributed by atoms with van der Waals surface area (Å²) in [6.45, 7) is 4.48. The molecule has 1 aliphatic heterocycles. The van der Waals surface area contributed by atoms with Crippen LogP contribution in [0.15, 0.2) is 36.4 Å². The number of hydrogen-bond acceptors (Lipinski definition) is 10. The van der Waals surface area contributed by atoms with Gasteiger partial charge in [-0.25, -0.2) is 4.79 Å². The average molecular weight is 681 g/mol. The molecule has 2 unspecified atom stereocenters. The first-order valence-corrected chi connectivity index (χ1v) is 16.6. The highest BCUT2D eigenvalue weighted by atomic mass is 16.8. The Balaban J connectivity index is 1.39. The van der Waals surface area contributed by atoms with Gasteiger partial charge in [-0.1, -0.05) is 42.7 Å². The van der Waals surface area contributed by atoms with Gasteiger partial charge < -0.3 is 30.5 Å². The number of fused-ring (bicyclic) bond motifs is 3. The highest BCUT2D eigenvalue weighted by molar-refractivity contribution is 6.01. The van der Waals surface area contributed by atoms with Gasteiger partial charge in [-0.3, -0.25) is 28.8 Å². The summed E-state index contributed by atoms with van der Waals surface area (Å²) in [4.78, 5) is 78.5. The van der Waals surface area contributed by atoms with E-state index in [-0.39, 0.29) is 69.3 Å². The lowest BCUT2D eigenvalue weighted by Crippen LogP contribution is -2.33. The summed E-state index contributed by atoms with van der Waals surface area (Å²) in [5.41, 5.74) is 4.57. The third kappa shape index (κ3) is 10.6. The zero-order chi connectivity index (χ0) is 35.3. The maximum absolute atomic E-state index is 12.8. The van der Waals surface area contributed by atoms with Crippen LogP contribution in [0.4, 0.5) is 10.5 Å². The van der Waals surface area contributed by atoms with Crippen LogP contribution in [0.3, 0.4) is 0 Å². The van der Waals surface area contributed by atoms with Gasteiger partial charge in [0.15, 0.2) is 0 Å². The minimum atomic E-state index is -1.20. The van der Waals surface area contributed by atoms with E-state index in [4.69, 9.17) is 19.4 Å². The number of hydrogen-bond donors (Lipinski definition) is 4. The molecule has 14 heteroatoms. The number of nitrogens with one attached hydrogen (secondary N) is 3. The summed E-state index contributed by atoms with van der Waals surface area (Å²) in [5, 5.41) is 17.7. The van der Waals surface area contributed by atoms with Crippen molar-refractivity contribution in [1.82, 2.24) is 15.7 Å². The van der Waals surface area contributed by atoms with E-state index in [9.17, 15) is 28.8 Å². The molecule has 2 aliphatic rings. The Bertz CT molecular complexity index is 1530. The number of carbonyl (C=O) groups excluding carboxylic acids is 6. The molecule has 4 rings (SSSR count). The molecule has 0 radical (unpaired) electrons. The molecule has 1 heterocycles. The number of rotatable bonds is 18. The lowest BCUT2D eigenvalue weighted by molar-refractivity contribution is -0.177. The van der Waals surface area contributed by atoms with E-state index in [0.29, 0.717) is 42.3 Å². The largest absolute Gasteiger partial charge is 0.533 e. The van der Waals surface area contributed by atoms with Gasteiger partial charge in [0.2, 0.25) is 17.7 Å².